The number of rotatable bonds is 5. The summed E-state index contributed by atoms with van der Waals surface area (Å²) in [5.41, 5.74) is 2.94. The van der Waals surface area contributed by atoms with Crippen molar-refractivity contribution in [3.63, 3.8) is 0 Å². The number of imidazole rings is 1. The van der Waals surface area contributed by atoms with E-state index in [9.17, 15) is 9.90 Å². The number of amides is 1. The van der Waals surface area contributed by atoms with Gasteiger partial charge in [-0.15, -0.1) is 0 Å². The van der Waals surface area contributed by atoms with Crippen LogP contribution in [-0.4, -0.2) is 15.6 Å². The van der Waals surface area contributed by atoms with Crippen molar-refractivity contribution >= 4 is 6.09 Å². The number of benzene rings is 2. The van der Waals surface area contributed by atoms with E-state index in [1.54, 1.807) is 0 Å². The van der Waals surface area contributed by atoms with Crippen molar-refractivity contribution < 1.29 is 9.90 Å². The molecule has 0 saturated heterocycles. The summed E-state index contributed by atoms with van der Waals surface area (Å²) >= 11 is 0. The quantitative estimate of drug-likeness (QED) is 0.784. The van der Waals surface area contributed by atoms with Crippen LogP contribution in [0.4, 0.5) is 4.79 Å². The lowest BCUT2D eigenvalue weighted by Gasteiger charge is -2.09. The molecule has 0 spiro atoms. The van der Waals surface area contributed by atoms with E-state index in [0.29, 0.717) is 12.4 Å². The van der Waals surface area contributed by atoms with E-state index in [-0.39, 0.29) is 6.54 Å². The molecule has 0 atom stereocenters. The average Bonchev–Trinajstić information content (AvgIpc) is 2.97. The number of hydrogen-bond acceptors (Lipinski definition) is 3. The van der Waals surface area contributed by atoms with Gasteiger partial charge >= 0.3 is 0 Å². The molecule has 2 aromatic carbocycles. The highest BCUT2D eigenvalue weighted by atomic mass is 16.4. The molecule has 0 aliphatic rings. The topological polar surface area (TPSA) is 70.0 Å². The third-order valence-electron chi connectivity index (χ3n) is 3.52. The molecule has 1 N–H and O–H groups in total. The van der Waals surface area contributed by atoms with Crippen LogP contribution in [0, 0.1) is 0 Å². The summed E-state index contributed by atoms with van der Waals surface area (Å²) in [4.78, 5) is 15.2. The van der Waals surface area contributed by atoms with Gasteiger partial charge in [0.05, 0.1) is 12.2 Å². The van der Waals surface area contributed by atoms with Gasteiger partial charge in [0.2, 0.25) is 0 Å². The van der Waals surface area contributed by atoms with Crippen LogP contribution in [0.1, 0.15) is 11.4 Å². The zero-order chi connectivity index (χ0) is 16.1. The predicted molar refractivity (Wildman–Crippen MR) is 85.4 cm³/mol. The van der Waals surface area contributed by atoms with Crippen molar-refractivity contribution in [1.29, 1.82) is 0 Å². The highest BCUT2D eigenvalue weighted by Crippen LogP contribution is 2.19. The monoisotopic (exact) mass is 306 g/mol. The van der Waals surface area contributed by atoms with Crippen molar-refractivity contribution in [2.75, 3.05) is 0 Å². The third-order valence-corrected chi connectivity index (χ3v) is 3.52. The first kappa shape index (κ1) is 14.8. The Labute approximate surface area is 134 Å². The molecule has 3 aromatic rings. The van der Waals surface area contributed by atoms with Gasteiger partial charge in [0.25, 0.3) is 0 Å². The smallest absolute Gasteiger partial charge is 0.134 e. The first-order chi connectivity index (χ1) is 11.2. The van der Waals surface area contributed by atoms with Gasteiger partial charge in [-0.2, -0.15) is 0 Å². The lowest BCUT2D eigenvalue weighted by molar-refractivity contribution is -0.251. The van der Waals surface area contributed by atoms with Crippen LogP contribution in [0.5, 0.6) is 0 Å². The number of carbonyl (C=O) groups excluding carboxylic acids is 1. The van der Waals surface area contributed by atoms with Crippen molar-refractivity contribution in [3.05, 3.63) is 78.2 Å². The van der Waals surface area contributed by atoms with E-state index in [4.69, 9.17) is 0 Å². The first-order valence-corrected chi connectivity index (χ1v) is 7.32. The van der Waals surface area contributed by atoms with Crippen LogP contribution < -0.4 is 10.4 Å². The van der Waals surface area contributed by atoms with E-state index in [2.05, 4.69) is 10.3 Å². The summed E-state index contributed by atoms with van der Waals surface area (Å²) in [6.07, 6.45) is 0.634. The van der Waals surface area contributed by atoms with Crippen LogP contribution in [0.25, 0.3) is 11.3 Å². The Bertz CT molecular complexity index is 783. The molecule has 1 aromatic heterocycles. The van der Waals surface area contributed by atoms with E-state index >= 15 is 0 Å². The maximum absolute atomic E-state index is 10.7. The summed E-state index contributed by atoms with van der Waals surface area (Å²) in [5, 5.41) is 12.9. The Morgan fingerprint density at radius 2 is 1.70 bits per heavy atom. The minimum Gasteiger partial charge on any atom is -0.530 e. The Kier molecular flexibility index (Phi) is 4.38. The number of nitrogens with zero attached hydrogens (tertiary/aromatic N) is 2. The molecule has 3 rings (SSSR count). The molecule has 1 heterocycles. The summed E-state index contributed by atoms with van der Waals surface area (Å²) in [6, 6.07) is 19.8. The fourth-order valence-electron chi connectivity index (χ4n) is 2.41. The molecule has 0 bridgehead atoms. The standard InChI is InChI=1S/C18H17N3O2/c22-18(23)19-11-17-20-16(15-9-5-2-6-10-15)13-21(17)12-14-7-3-1-4-8-14/h1-10,13,19H,11-12H2,(H,22,23)/p-1. The second kappa shape index (κ2) is 6.79. The average molecular weight is 306 g/mol. The molecule has 1 amide bonds. The third kappa shape index (κ3) is 3.77. The maximum atomic E-state index is 10.7. The second-order valence-electron chi connectivity index (χ2n) is 5.16. The van der Waals surface area contributed by atoms with Crippen molar-refractivity contribution in [2.24, 2.45) is 0 Å². The van der Waals surface area contributed by atoms with Crippen molar-refractivity contribution in [1.82, 2.24) is 14.9 Å². The zero-order valence-corrected chi connectivity index (χ0v) is 12.5. The SMILES string of the molecule is O=C([O-])NCc1nc(-c2ccccc2)cn1Cc1ccccc1. The van der Waals surface area contributed by atoms with Gasteiger partial charge in [-0.05, 0) is 5.56 Å². The molecule has 5 nitrogen and oxygen atoms in total. The Morgan fingerprint density at radius 1 is 1.04 bits per heavy atom. The molecule has 23 heavy (non-hydrogen) atoms. The van der Waals surface area contributed by atoms with Gasteiger partial charge in [-0.3, -0.25) is 0 Å². The van der Waals surface area contributed by atoms with Crippen LogP contribution in [-0.2, 0) is 13.1 Å². The highest BCUT2D eigenvalue weighted by Gasteiger charge is 2.10. The number of carbonyl (C=O) groups is 1. The van der Waals surface area contributed by atoms with Crippen LogP contribution in [0.15, 0.2) is 66.9 Å². The minimum atomic E-state index is -1.31. The van der Waals surface area contributed by atoms with Gasteiger partial charge in [0.15, 0.2) is 0 Å². The fraction of sp³-hybridized carbons (Fsp3) is 0.111. The van der Waals surface area contributed by atoms with Gasteiger partial charge in [0, 0.05) is 18.3 Å². The lowest BCUT2D eigenvalue weighted by atomic mass is 10.2. The maximum Gasteiger partial charge on any atom is 0.134 e. The zero-order valence-electron chi connectivity index (χ0n) is 12.5. The highest BCUT2D eigenvalue weighted by molar-refractivity contribution is 5.62. The van der Waals surface area contributed by atoms with Gasteiger partial charge in [-0.25, -0.2) is 4.98 Å². The number of nitrogens with one attached hydrogen (secondary N) is 1. The lowest BCUT2D eigenvalue weighted by Crippen LogP contribution is -2.36. The Morgan fingerprint density at radius 3 is 2.35 bits per heavy atom. The molecule has 0 unspecified atom stereocenters. The summed E-state index contributed by atoms with van der Waals surface area (Å²) < 4.78 is 1.95. The van der Waals surface area contributed by atoms with Gasteiger partial charge in [0.1, 0.15) is 11.9 Å². The summed E-state index contributed by atoms with van der Waals surface area (Å²) in [6.45, 7) is 0.743. The molecule has 0 saturated carbocycles. The molecule has 116 valence electrons. The van der Waals surface area contributed by atoms with Crippen LogP contribution in [0.2, 0.25) is 0 Å². The van der Waals surface area contributed by atoms with E-state index < -0.39 is 6.09 Å². The van der Waals surface area contributed by atoms with Gasteiger partial charge in [-0.1, -0.05) is 60.7 Å². The van der Waals surface area contributed by atoms with E-state index in [1.807, 2.05) is 71.4 Å². The van der Waals surface area contributed by atoms with Crippen molar-refractivity contribution in [3.8, 4) is 11.3 Å². The molecular weight excluding hydrogens is 290 g/mol. The first-order valence-electron chi connectivity index (χ1n) is 7.32. The van der Waals surface area contributed by atoms with Crippen LogP contribution >= 0.6 is 0 Å². The van der Waals surface area contributed by atoms with Crippen molar-refractivity contribution in [2.45, 2.75) is 13.1 Å². The normalized spacial score (nSPS) is 10.4. The van der Waals surface area contributed by atoms with E-state index in [1.165, 1.54) is 0 Å². The largest absolute Gasteiger partial charge is 0.530 e. The predicted octanol–water partition coefficient (Wildman–Crippen LogP) is 2.03. The molecule has 5 heteroatoms. The molecular formula is C18H16N3O2-. The second-order valence-corrected chi connectivity index (χ2v) is 5.16. The number of hydrogen-bond donors (Lipinski definition) is 1. The fourth-order valence-corrected chi connectivity index (χ4v) is 2.41. The summed E-state index contributed by atoms with van der Waals surface area (Å²) in [7, 11) is 0. The van der Waals surface area contributed by atoms with Gasteiger partial charge < -0.3 is 19.8 Å². The number of aromatic nitrogens is 2. The Hall–Kier alpha value is -3.08. The molecule has 0 radical (unpaired) electrons. The summed E-state index contributed by atoms with van der Waals surface area (Å²) in [5.74, 6) is 0.650. The molecule has 0 aliphatic carbocycles. The molecule has 0 fully saturated rings. The van der Waals surface area contributed by atoms with Crippen LogP contribution in [0.3, 0.4) is 0 Å². The number of carboxylic acid groups (broad SMARTS) is 1. The minimum absolute atomic E-state index is 0.113. The van der Waals surface area contributed by atoms with E-state index in [0.717, 1.165) is 16.8 Å². The Balaban J connectivity index is 1.91. The molecule has 0 aliphatic heterocycles.